The van der Waals surface area contributed by atoms with Gasteiger partial charge >= 0.3 is 0 Å². The van der Waals surface area contributed by atoms with Crippen molar-refractivity contribution in [1.82, 2.24) is 30.6 Å². The number of fused-ring (bicyclic) bond motifs is 1. The predicted octanol–water partition coefficient (Wildman–Crippen LogP) is 1.85. The van der Waals surface area contributed by atoms with Crippen molar-refractivity contribution in [2.45, 2.75) is 26.3 Å². The number of benzene rings is 1. The van der Waals surface area contributed by atoms with E-state index < -0.39 is 0 Å². The van der Waals surface area contributed by atoms with E-state index in [9.17, 15) is 4.79 Å². The zero-order chi connectivity index (χ0) is 18.1. The molecule has 0 saturated carbocycles. The lowest BCUT2D eigenvalue weighted by atomic mass is 9.95. The molecule has 3 heterocycles. The predicted molar refractivity (Wildman–Crippen MR) is 99.3 cm³/mol. The van der Waals surface area contributed by atoms with Crippen molar-refractivity contribution >= 4 is 16.8 Å². The largest absolute Gasteiger partial charge is 0.347 e. The molecule has 2 aromatic heterocycles. The van der Waals surface area contributed by atoms with Crippen LogP contribution in [0, 0.1) is 12.8 Å². The van der Waals surface area contributed by atoms with Crippen molar-refractivity contribution in [3.8, 4) is 5.69 Å². The van der Waals surface area contributed by atoms with Gasteiger partial charge in [-0.05, 0) is 56.6 Å². The van der Waals surface area contributed by atoms with Crippen LogP contribution in [0.1, 0.15) is 29.5 Å². The van der Waals surface area contributed by atoms with Gasteiger partial charge in [0.1, 0.15) is 0 Å². The number of nitrogens with one attached hydrogen (secondary N) is 2. The van der Waals surface area contributed by atoms with Crippen molar-refractivity contribution in [3.63, 3.8) is 0 Å². The van der Waals surface area contributed by atoms with Crippen molar-refractivity contribution < 1.29 is 4.79 Å². The van der Waals surface area contributed by atoms with E-state index in [4.69, 9.17) is 0 Å². The number of amides is 1. The molecule has 2 N–H and O–H groups in total. The zero-order valence-electron chi connectivity index (χ0n) is 14.9. The van der Waals surface area contributed by atoms with Crippen LogP contribution in [0.15, 0.2) is 36.5 Å². The van der Waals surface area contributed by atoms with Gasteiger partial charge in [-0.1, -0.05) is 18.2 Å². The number of carbonyl (C=O) groups is 1. The van der Waals surface area contributed by atoms with Gasteiger partial charge in [0, 0.05) is 17.6 Å². The molecule has 2 unspecified atom stereocenters. The average molecular weight is 350 g/mol. The number of nitrogens with zero attached hydrogens (tertiary/aromatic N) is 4. The first-order valence-corrected chi connectivity index (χ1v) is 8.92. The molecule has 7 nitrogen and oxygen atoms in total. The fourth-order valence-electron chi connectivity index (χ4n) is 3.44. The second kappa shape index (κ2) is 6.84. The van der Waals surface area contributed by atoms with E-state index in [1.807, 2.05) is 37.3 Å². The summed E-state index contributed by atoms with van der Waals surface area (Å²) in [7, 11) is 0. The van der Waals surface area contributed by atoms with Crippen LogP contribution in [-0.4, -0.2) is 45.0 Å². The smallest absolute Gasteiger partial charge is 0.273 e. The molecule has 134 valence electrons. The molecule has 0 bridgehead atoms. The molecule has 1 saturated heterocycles. The van der Waals surface area contributed by atoms with Gasteiger partial charge in [-0.3, -0.25) is 9.78 Å². The normalized spacial score (nSPS) is 20.2. The summed E-state index contributed by atoms with van der Waals surface area (Å²) in [6.45, 7) is 5.85. The Morgan fingerprint density at radius 3 is 3.08 bits per heavy atom. The molecule has 7 heteroatoms. The number of aromatic nitrogens is 4. The molecular weight excluding hydrogens is 328 g/mol. The second-order valence-electron chi connectivity index (χ2n) is 6.87. The van der Waals surface area contributed by atoms with Crippen molar-refractivity contribution in [2.24, 2.45) is 5.92 Å². The summed E-state index contributed by atoms with van der Waals surface area (Å²) < 4.78 is 1.70. The van der Waals surface area contributed by atoms with Crippen molar-refractivity contribution in [3.05, 3.63) is 47.9 Å². The van der Waals surface area contributed by atoms with E-state index in [0.717, 1.165) is 41.8 Å². The fraction of sp³-hybridized carbons (Fsp3) is 0.368. The second-order valence-corrected chi connectivity index (χ2v) is 6.87. The third kappa shape index (κ3) is 3.06. The number of hydrogen-bond donors (Lipinski definition) is 2. The summed E-state index contributed by atoms with van der Waals surface area (Å²) in [6, 6.07) is 9.96. The van der Waals surface area contributed by atoms with Gasteiger partial charge in [0.2, 0.25) is 0 Å². The molecule has 1 aliphatic heterocycles. The van der Waals surface area contributed by atoms with Crippen LogP contribution in [0.25, 0.3) is 16.6 Å². The third-order valence-corrected chi connectivity index (χ3v) is 5.04. The molecule has 0 radical (unpaired) electrons. The Labute approximate surface area is 151 Å². The summed E-state index contributed by atoms with van der Waals surface area (Å²) in [5.41, 5.74) is 2.89. The SMILES string of the molecule is Cc1c(C(=O)NC2CCNCC2C)nnn1-c1ccc2ncccc2c1. The van der Waals surface area contributed by atoms with Gasteiger partial charge in [-0.25, -0.2) is 4.68 Å². The molecule has 4 rings (SSSR count). The van der Waals surface area contributed by atoms with Gasteiger partial charge in [0.15, 0.2) is 5.69 Å². The summed E-state index contributed by atoms with van der Waals surface area (Å²) >= 11 is 0. The lowest BCUT2D eigenvalue weighted by Gasteiger charge is -2.29. The Morgan fingerprint density at radius 1 is 1.35 bits per heavy atom. The minimum Gasteiger partial charge on any atom is -0.347 e. The quantitative estimate of drug-likeness (QED) is 0.753. The van der Waals surface area contributed by atoms with Crippen LogP contribution >= 0.6 is 0 Å². The topological polar surface area (TPSA) is 84.7 Å². The highest BCUT2D eigenvalue weighted by Crippen LogP contribution is 2.19. The number of carbonyl (C=O) groups excluding carboxylic acids is 1. The maximum Gasteiger partial charge on any atom is 0.273 e. The number of rotatable bonds is 3. The van der Waals surface area contributed by atoms with Gasteiger partial charge in [0.25, 0.3) is 5.91 Å². The fourth-order valence-corrected chi connectivity index (χ4v) is 3.44. The maximum absolute atomic E-state index is 12.7. The lowest BCUT2D eigenvalue weighted by molar-refractivity contribution is 0.0908. The molecule has 1 aliphatic rings. The van der Waals surface area contributed by atoms with E-state index in [2.05, 4.69) is 32.9 Å². The molecule has 3 aromatic rings. The molecule has 26 heavy (non-hydrogen) atoms. The van der Waals surface area contributed by atoms with Crippen LogP contribution in [0.4, 0.5) is 0 Å². The first-order chi connectivity index (χ1) is 12.6. The van der Waals surface area contributed by atoms with E-state index in [-0.39, 0.29) is 11.9 Å². The monoisotopic (exact) mass is 350 g/mol. The zero-order valence-corrected chi connectivity index (χ0v) is 14.9. The molecule has 0 spiro atoms. The highest BCUT2D eigenvalue weighted by Gasteiger charge is 2.25. The Bertz CT molecular complexity index is 950. The van der Waals surface area contributed by atoms with Crippen LogP contribution in [0.3, 0.4) is 0 Å². The molecule has 2 atom stereocenters. The highest BCUT2D eigenvalue weighted by atomic mass is 16.2. The molecule has 0 aliphatic carbocycles. The van der Waals surface area contributed by atoms with Crippen LogP contribution in [-0.2, 0) is 0 Å². The molecule has 1 fully saturated rings. The minimum atomic E-state index is -0.157. The standard InChI is InChI=1S/C19H22N6O/c1-12-11-20-9-7-16(12)22-19(26)18-13(2)25(24-23-18)15-5-6-17-14(10-15)4-3-8-21-17/h3-6,8,10,12,16,20H,7,9,11H2,1-2H3,(H,22,26). The van der Waals surface area contributed by atoms with Gasteiger partial charge in [0.05, 0.1) is 16.9 Å². The lowest BCUT2D eigenvalue weighted by Crippen LogP contribution is -2.48. The summed E-state index contributed by atoms with van der Waals surface area (Å²) in [4.78, 5) is 17.0. The van der Waals surface area contributed by atoms with Crippen molar-refractivity contribution in [1.29, 1.82) is 0 Å². The first kappa shape index (κ1) is 16.7. The van der Waals surface area contributed by atoms with Crippen molar-refractivity contribution in [2.75, 3.05) is 13.1 Å². The Morgan fingerprint density at radius 2 is 2.23 bits per heavy atom. The van der Waals surface area contributed by atoms with Crippen LogP contribution in [0.2, 0.25) is 0 Å². The van der Waals surface area contributed by atoms with Crippen LogP contribution < -0.4 is 10.6 Å². The summed E-state index contributed by atoms with van der Waals surface area (Å²) in [5, 5.41) is 15.8. The van der Waals surface area contributed by atoms with Crippen LogP contribution in [0.5, 0.6) is 0 Å². The van der Waals surface area contributed by atoms with E-state index >= 15 is 0 Å². The molecule has 1 amide bonds. The number of hydrogen-bond acceptors (Lipinski definition) is 5. The number of pyridine rings is 1. The van der Waals surface area contributed by atoms with E-state index in [0.29, 0.717) is 11.6 Å². The van der Waals surface area contributed by atoms with Gasteiger partial charge < -0.3 is 10.6 Å². The Hall–Kier alpha value is -2.80. The third-order valence-electron chi connectivity index (χ3n) is 5.04. The van der Waals surface area contributed by atoms with E-state index in [1.54, 1.807) is 10.9 Å². The number of piperidine rings is 1. The minimum absolute atomic E-state index is 0.157. The van der Waals surface area contributed by atoms with E-state index in [1.165, 1.54) is 0 Å². The Balaban J connectivity index is 1.59. The highest BCUT2D eigenvalue weighted by molar-refractivity contribution is 5.93. The first-order valence-electron chi connectivity index (χ1n) is 8.92. The average Bonchev–Trinajstić information content (AvgIpc) is 3.05. The van der Waals surface area contributed by atoms with Gasteiger partial charge in [-0.15, -0.1) is 5.10 Å². The molecular formula is C19H22N6O. The summed E-state index contributed by atoms with van der Waals surface area (Å²) in [5.74, 6) is 0.242. The maximum atomic E-state index is 12.7. The van der Waals surface area contributed by atoms with Gasteiger partial charge in [-0.2, -0.15) is 0 Å². The molecule has 1 aromatic carbocycles. The Kier molecular flexibility index (Phi) is 4.38. The summed E-state index contributed by atoms with van der Waals surface area (Å²) in [6.07, 6.45) is 2.70.